The van der Waals surface area contributed by atoms with E-state index in [1.54, 1.807) is 35.2 Å². The minimum atomic E-state index is -0.480. The molecule has 0 amide bonds. The first kappa shape index (κ1) is 31.6. The SMILES string of the molecule is CC.CC1CCCCC1.CCCCCC.Nc1ccc2ncc(-c3cnc(Nc4ncccc4F)nc3)n2n1. The highest BCUT2D eigenvalue weighted by Gasteiger charge is 2.10. The second-order valence-corrected chi connectivity index (χ2v) is 9.38. The summed E-state index contributed by atoms with van der Waals surface area (Å²) in [6, 6.07) is 6.26. The van der Waals surface area contributed by atoms with Crippen LogP contribution in [0.4, 0.5) is 22.0 Å². The lowest BCUT2D eigenvalue weighted by molar-refractivity contribution is 0.385. The summed E-state index contributed by atoms with van der Waals surface area (Å²) in [7, 11) is 0. The van der Waals surface area contributed by atoms with Gasteiger partial charge in [0.2, 0.25) is 5.95 Å². The summed E-state index contributed by atoms with van der Waals surface area (Å²) in [4.78, 5) is 16.5. The van der Waals surface area contributed by atoms with Gasteiger partial charge >= 0.3 is 0 Å². The number of imidazole rings is 1. The number of rotatable bonds is 6. The highest BCUT2D eigenvalue weighted by molar-refractivity contribution is 5.62. The molecule has 0 aromatic carbocycles. The monoisotopic (exact) mass is 536 g/mol. The summed E-state index contributed by atoms with van der Waals surface area (Å²) < 4.78 is 15.2. The van der Waals surface area contributed by atoms with Crippen molar-refractivity contribution < 1.29 is 4.39 Å². The molecular weight excluding hydrogens is 491 g/mol. The highest BCUT2D eigenvalue weighted by atomic mass is 19.1. The zero-order valence-corrected chi connectivity index (χ0v) is 24.2. The molecule has 9 heteroatoms. The number of nitrogens with one attached hydrogen (secondary N) is 1. The van der Waals surface area contributed by atoms with E-state index < -0.39 is 5.82 Å². The standard InChI is InChI=1S/C15H11FN8.C7H14.C6H14.C2H6/c16-10-2-1-5-18-14(10)22-15-20-6-9(7-21-15)11-8-19-13-4-3-12(17)23-24(11)13;1-7-5-3-2-4-6-7;1-3-5-6-4-2;1-2/h1-8H,(H2,17,23)(H,18,20,21,22);7H,2-6H2,1H3;3-6H2,1-2H3;1-2H3. The molecule has 0 atom stereocenters. The third kappa shape index (κ3) is 10.6. The largest absolute Gasteiger partial charge is 0.382 e. The number of aromatic nitrogens is 6. The van der Waals surface area contributed by atoms with Gasteiger partial charge in [-0.2, -0.15) is 0 Å². The first-order valence-corrected chi connectivity index (χ1v) is 14.3. The van der Waals surface area contributed by atoms with Crippen LogP contribution in [-0.2, 0) is 0 Å². The van der Waals surface area contributed by atoms with E-state index in [0.29, 0.717) is 22.7 Å². The van der Waals surface area contributed by atoms with Crippen LogP contribution in [-0.4, -0.2) is 29.5 Å². The van der Waals surface area contributed by atoms with Crippen LogP contribution in [0.1, 0.15) is 92.4 Å². The van der Waals surface area contributed by atoms with E-state index in [0.717, 1.165) is 5.92 Å². The molecule has 1 aliphatic carbocycles. The molecule has 0 bridgehead atoms. The van der Waals surface area contributed by atoms with Gasteiger partial charge in [0, 0.05) is 24.2 Å². The van der Waals surface area contributed by atoms with Gasteiger partial charge in [0.1, 0.15) is 5.82 Å². The van der Waals surface area contributed by atoms with Crippen molar-refractivity contribution in [3.05, 3.63) is 54.9 Å². The number of halogens is 1. The van der Waals surface area contributed by atoms with Crippen molar-refractivity contribution >= 4 is 23.2 Å². The Bertz CT molecular complexity index is 1200. The summed E-state index contributed by atoms with van der Waals surface area (Å²) in [5.74, 6) is 1.24. The molecule has 8 nitrogen and oxygen atoms in total. The van der Waals surface area contributed by atoms with Crippen molar-refractivity contribution in [3.8, 4) is 11.3 Å². The van der Waals surface area contributed by atoms with Crippen molar-refractivity contribution in [2.24, 2.45) is 5.92 Å². The Balaban J connectivity index is 0.000000293. The molecule has 4 heterocycles. The maximum Gasteiger partial charge on any atom is 0.228 e. The second-order valence-electron chi connectivity index (χ2n) is 9.38. The third-order valence-corrected chi connectivity index (χ3v) is 6.17. The van der Waals surface area contributed by atoms with Crippen LogP contribution in [0.5, 0.6) is 0 Å². The predicted molar refractivity (Wildman–Crippen MR) is 159 cm³/mol. The molecule has 0 spiro atoms. The lowest BCUT2D eigenvalue weighted by Crippen LogP contribution is -2.02. The quantitative estimate of drug-likeness (QED) is 0.239. The molecule has 0 aliphatic heterocycles. The smallest absolute Gasteiger partial charge is 0.228 e. The molecule has 1 fully saturated rings. The van der Waals surface area contributed by atoms with E-state index in [1.165, 1.54) is 76.1 Å². The van der Waals surface area contributed by atoms with Gasteiger partial charge in [-0.15, -0.1) is 5.10 Å². The van der Waals surface area contributed by atoms with Crippen molar-refractivity contribution in [3.63, 3.8) is 0 Å². The van der Waals surface area contributed by atoms with Crippen LogP contribution in [0.2, 0.25) is 0 Å². The van der Waals surface area contributed by atoms with Gasteiger partial charge in [-0.25, -0.2) is 28.8 Å². The van der Waals surface area contributed by atoms with E-state index in [4.69, 9.17) is 5.73 Å². The van der Waals surface area contributed by atoms with Gasteiger partial charge in [-0.3, -0.25) is 0 Å². The van der Waals surface area contributed by atoms with E-state index >= 15 is 0 Å². The number of nitrogen functional groups attached to an aromatic ring is 1. The fourth-order valence-electron chi connectivity index (χ4n) is 4.00. The molecule has 0 unspecified atom stereocenters. The van der Waals surface area contributed by atoms with Gasteiger partial charge in [0.05, 0.1) is 11.9 Å². The maximum atomic E-state index is 13.6. The molecule has 1 aliphatic rings. The van der Waals surface area contributed by atoms with Crippen LogP contribution >= 0.6 is 0 Å². The highest BCUT2D eigenvalue weighted by Crippen LogP contribution is 2.22. The van der Waals surface area contributed by atoms with Gasteiger partial charge < -0.3 is 11.1 Å². The number of hydrogen-bond acceptors (Lipinski definition) is 7. The number of unbranched alkanes of at least 4 members (excludes halogenated alkanes) is 3. The normalized spacial score (nSPS) is 12.8. The van der Waals surface area contributed by atoms with Crippen molar-refractivity contribution in [2.45, 2.75) is 92.4 Å². The molecule has 5 rings (SSSR count). The third-order valence-electron chi connectivity index (χ3n) is 6.17. The molecule has 4 aromatic rings. The number of anilines is 3. The molecule has 3 N–H and O–H groups in total. The Morgan fingerprint density at radius 3 is 2.15 bits per heavy atom. The Kier molecular flexibility index (Phi) is 14.4. The van der Waals surface area contributed by atoms with Crippen LogP contribution in [0.3, 0.4) is 0 Å². The second kappa shape index (κ2) is 17.8. The Morgan fingerprint density at radius 1 is 0.923 bits per heavy atom. The molecule has 1 saturated carbocycles. The number of nitrogens with zero attached hydrogens (tertiary/aromatic N) is 6. The first-order chi connectivity index (χ1) is 19.0. The summed E-state index contributed by atoms with van der Waals surface area (Å²) in [6.45, 7) is 10.8. The first-order valence-electron chi connectivity index (χ1n) is 14.3. The number of fused-ring (bicyclic) bond motifs is 1. The van der Waals surface area contributed by atoms with Crippen molar-refractivity contribution in [2.75, 3.05) is 11.1 Å². The minimum Gasteiger partial charge on any atom is -0.382 e. The molecule has 39 heavy (non-hydrogen) atoms. The molecule has 4 aromatic heterocycles. The molecule has 212 valence electrons. The van der Waals surface area contributed by atoms with Gasteiger partial charge in [-0.05, 0) is 30.2 Å². The average Bonchev–Trinajstić information content (AvgIpc) is 3.39. The number of nitrogens with two attached hydrogens (primary N) is 1. The van der Waals surface area contributed by atoms with Crippen LogP contribution in [0.25, 0.3) is 16.9 Å². The average molecular weight is 537 g/mol. The van der Waals surface area contributed by atoms with Crippen molar-refractivity contribution in [1.29, 1.82) is 0 Å². The summed E-state index contributed by atoms with van der Waals surface area (Å²) in [5.41, 5.74) is 7.78. The van der Waals surface area contributed by atoms with Crippen molar-refractivity contribution in [1.82, 2.24) is 29.5 Å². The minimum absolute atomic E-state index is 0.0643. The Labute approximate surface area is 232 Å². The van der Waals surface area contributed by atoms with E-state index in [2.05, 4.69) is 51.1 Å². The number of hydrogen-bond donors (Lipinski definition) is 2. The summed E-state index contributed by atoms with van der Waals surface area (Å²) in [6.07, 6.45) is 19.3. The van der Waals surface area contributed by atoms with Gasteiger partial charge in [0.25, 0.3) is 0 Å². The number of pyridine rings is 1. The molecule has 0 saturated heterocycles. The fourth-order valence-corrected chi connectivity index (χ4v) is 4.00. The Hall–Kier alpha value is -3.62. The maximum absolute atomic E-state index is 13.6. The topological polar surface area (TPSA) is 107 Å². The van der Waals surface area contributed by atoms with Gasteiger partial charge in [-0.1, -0.05) is 92.4 Å². The lowest BCUT2D eigenvalue weighted by Gasteiger charge is -2.15. The van der Waals surface area contributed by atoms with E-state index in [9.17, 15) is 4.39 Å². The molecule has 0 radical (unpaired) electrons. The summed E-state index contributed by atoms with van der Waals surface area (Å²) in [5, 5.41) is 6.94. The van der Waals surface area contributed by atoms with Crippen LogP contribution < -0.4 is 11.1 Å². The van der Waals surface area contributed by atoms with E-state index in [1.807, 2.05) is 13.8 Å². The fraction of sp³-hybridized carbons (Fsp3) is 0.500. The van der Waals surface area contributed by atoms with Crippen LogP contribution in [0, 0.1) is 11.7 Å². The van der Waals surface area contributed by atoms with Crippen LogP contribution in [0.15, 0.2) is 49.1 Å². The zero-order valence-electron chi connectivity index (χ0n) is 24.2. The van der Waals surface area contributed by atoms with E-state index in [-0.39, 0.29) is 11.8 Å². The lowest BCUT2D eigenvalue weighted by atomic mass is 9.91. The Morgan fingerprint density at radius 2 is 1.59 bits per heavy atom. The summed E-state index contributed by atoms with van der Waals surface area (Å²) >= 11 is 0. The predicted octanol–water partition coefficient (Wildman–Crippen LogP) is 8.25. The zero-order chi connectivity index (χ0) is 28.5. The molecular formula is C30H45FN8. The van der Waals surface area contributed by atoms with Gasteiger partial charge in [0.15, 0.2) is 17.3 Å².